The lowest BCUT2D eigenvalue weighted by atomic mass is 9.81. The fourth-order valence-electron chi connectivity index (χ4n) is 2.58. The average Bonchev–Trinajstić information content (AvgIpc) is 2.21. The first-order chi connectivity index (χ1) is 7.78. The molecule has 0 saturated heterocycles. The standard InChI is InChI=1S/C16H27N/c1-11-8-12(2)14(4)15(13(11)3)9-16(5,6)10-17-7/h8,17H,9-10H2,1-7H3. The van der Waals surface area contributed by atoms with Gasteiger partial charge in [0.1, 0.15) is 0 Å². The zero-order chi connectivity index (χ0) is 13.2. The molecule has 96 valence electrons. The molecule has 1 aromatic carbocycles. The third kappa shape index (κ3) is 3.32. The third-order valence-electron chi connectivity index (χ3n) is 3.83. The number of hydrogen-bond acceptors (Lipinski definition) is 1. The van der Waals surface area contributed by atoms with Crippen molar-refractivity contribution >= 4 is 0 Å². The topological polar surface area (TPSA) is 12.0 Å². The van der Waals surface area contributed by atoms with Crippen molar-refractivity contribution < 1.29 is 0 Å². The van der Waals surface area contributed by atoms with Gasteiger partial charge in [-0.05, 0) is 74.4 Å². The molecular weight excluding hydrogens is 206 g/mol. The van der Waals surface area contributed by atoms with Crippen molar-refractivity contribution in [3.63, 3.8) is 0 Å². The van der Waals surface area contributed by atoms with Crippen LogP contribution >= 0.6 is 0 Å². The highest BCUT2D eigenvalue weighted by atomic mass is 14.8. The molecule has 0 bridgehead atoms. The van der Waals surface area contributed by atoms with E-state index in [1.165, 1.54) is 22.3 Å². The highest BCUT2D eigenvalue weighted by molar-refractivity contribution is 5.44. The van der Waals surface area contributed by atoms with Gasteiger partial charge >= 0.3 is 0 Å². The van der Waals surface area contributed by atoms with Crippen LogP contribution in [0.2, 0.25) is 0 Å². The summed E-state index contributed by atoms with van der Waals surface area (Å²) < 4.78 is 0. The predicted octanol–water partition coefficient (Wildman–Crippen LogP) is 3.71. The average molecular weight is 233 g/mol. The minimum Gasteiger partial charge on any atom is -0.319 e. The number of hydrogen-bond donors (Lipinski definition) is 1. The van der Waals surface area contributed by atoms with Crippen LogP contribution in [0.15, 0.2) is 6.07 Å². The Morgan fingerprint density at radius 1 is 1.00 bits per heavy atom. The van der Waals surface area contributed by atoms with Crippen molar-refractivity contribution in [2.45, 2.75) is 48.0 Å². The van der Waals surface area contributed by atoms with Gasteiger partial charge in [-0.1, -0.05) is 19.9 Å². The molecule has 0 spiro atoms. The SMILES string of the molecule is CNCC(C)(C)Cc1c(C)c(C)cc(C)c1C. The second-order valence-corrected chi connectivity index (χ2v) is 6.11. The van der Waals surface area contributed by atoms with Crippen molar-refractivity contribution in [1.82, 2.24) is 5.32 Å². The minimum absolute atomic E-state index is 0.310. The van der Waals surface area contributed by atoms with E-state index in [-0.39, 0.29) is 0 Å². The number of nitrogens with one attached hydrogen (secondary N) is 1. The van der Waals surface area contributed by atoms with Crippen molar-refractivity contribution in [3.05, 3.63) is 33.9 Å². The number of benzene rings is 1. The molecule has 0 amide bonds. The molecule has 0 fully saturated rings. The second-order valence-electron chi connectivity index (χ2n) is 6.11. The minimum atomic E-state index is 0.310. The maximum Gasteiger partial charge on any atom is 0.000270 e. The molecule has 0 saturated carbocycles. The molecule has 1 N–H and O–H groups in total. The molecule has 0 aromatic heterocycles. The molecule has 1 heteroatoms. The van der Waals surface area contributed by atoms with Gasteiger partial charge in [0.05, 0.1) is 0 Å². The van der Waals surface area contributed by atoms with Crippen molar-refractivity contribution in [2.75, 3.05) is 13.6 Å². The Kier molecular flexibility index (Phi) is 4.37. The van der Waals surface area contributed by atoms with Gasteiger partial charge in [0.15, 0.2) is 0 Å². The summed E-state index contributed by atoms with van der Waals surface area (Å²) in [5.41, 5.74) is 7.63. The van der Waals surface area contributed by atoms with E-state index in [0.29, 0.717) is 5.41 Å². The van der Waals surface area contributed by atoms with E-state index >= 15 is 0 Å². The van der Waals surface area contributed by atoms with Gasteiger partial charge in [-0.3, -0.25) is 0 Å². The first-order valence-electron chi connectivity index (χ1n) is 6.49. The summed E-state index contributed by atoms with van der Waals surface area (Å²) in [5, 5.41) is 3.30. The highest BCUT2D eigenvalue weighted by Gasteiger charge is 2.20. The van der Waals surface area contributed by atoms with E-state index in [4.69, 9.17) is 0 Å². The number of rotatable bonds is 4. The van der Waals surface area contributed by atoms with E-state index in [1.807, 2.05) is 7.05 Å². The molecule has 0 atom stereocenters. The fraction of sp³-hybridized carbons (Fsp3) is 0.625. The van der Waals surface area contributed by atoms with Crippen LogP contribution in [-0.2, 0) is 6.42 Å². The van der Waals surface area contributed by atoms with Crippen LogP contribution in [0, 0.1) is 33.1 Å². The lowest BCUT2D eigenvalue weighted by Gasteiger charge is -2.27. The summed E-state index contributed by atoms with van der Waals surface area (Å²) in [5.74, 6) is 0. The van der Waals surface area contributed by atoms with Gasteiger partial charge in [-0.15, -0.1) is 0 Å². The molecule has 0 radical (unpaired) electrons. The van der Waals surface area contributed by atoms with Crippen LogP contribution in [0.3, 0.4) is 0 Å². The first kappa shape index (κ1) is 14.2. The van der Waals surface area contributed by atoms with Crippen LogP contribution in [0.4, 0.5) is 0 Å². The molecule has 0 unspecified atom stereocenters. The van der Waals surface area contributed by atoms with E-state index in [9.17, 15) is 0 Å². The summed E-state index contributed by atoms with van der Waals surface area (Å²) in [4.78, 5) is 0. The van der Waals surface area contributed by atoms with Gasteiger partial charge in [0.25, 0.3) is 0 Å². The van der Waals surface area contributed by atoms with E-state index in [2.05, 4.69) is 52.9 Å². The van der Waals surface area contributed by atoms with Crippen molar-refractivity contribution in [3.8, 4) is 0 Å². The molecule has 0 aliphatic rings. The Bertz CT molecular complexity index is 376. The van der Waals surface area contributed by atoms with Crippen LogP contribution in [0.1, 0.15) is 41.7 Å². The van der Waals surface area contributed by atoms with Crippen LogP contribution in [0.5, 0.6) is 0 Å². The first-order valence-corrected chi connectivity index (χ1v) is 6.49. The summed E-state index contributed by atoms with van der Waals surface area (Å²) in [6.45, 7) is 14.7. The molecule has 0 aliphatic heterocycles. The van der Waals surface area contributed by atoms with Crippen LogP contribution in [0.25, 0.3) is 0 Å². The van der Waals surface area contributed by atoms with Crippen LogP contribution in [-0.4, -0.2) is 13.6 Å². The molecule has 1 aromatic rings. The molecule has 1 rings (SSSR count). The highest BCUT2D eigenvalue weighted by Crippen LogP contribution is 2.28. The summed E-state index contributed by atoms with van der Waals surface area (Å²) in [7, 11) is 2.03. The smallest absolute Gasteiger partial charge is 0.000270 e. The lowest BCUT2D eigenvalue weighted by Crippen LogP contribution is -2.29. The summed E-state index contributed by atoms with van der Waals surface area (Å²) >= 11 is 0. The Hall–Kier alpha value is -0.820. The van der Waals surface area contributed by atoms with Crippen molar-refractivity contribution in [1.29, 1.82) is 0 Å². The van der Waals surface area contributed by atoms with E-state index < -0.39 is 0 Å². The van der Waals surface area contributed by atoms with E-state index in [1.54, 1.807) is 5.56 Å². The molecular formula is C16H27N. The third-order valence-corrected chi connectivity index (χ3v) is 3.83. The van der Waals surface area contributed by atoms with Gasteiger partial charge in [0, 0.05) is 6.54 Å². The summed E-state index contributed by atoms with van der Waals surface area (Å²) in [6.07, 6.45) is 1.15. The maximum atomic E-state index is 3.30. The fourth-order valence-corrected chi connectivity index (χ4v) is 2.58. The van der Waals surface area contributed by atoms with E-state index in [0.717, 1.165) is 13.0 Å². The maximum absolute atomic E-state index is 3.30. The Morgan fingerprint density at radius 2 is 1.47 bits per heavy atom. The Labute approximate surface area is 107 Å². The van der Waals surface area contributed by atoms with Gasteiger partial charge in [0.2, 0.25) is 0 Å². The van der Waals surface area contributed by atoms with Crippen molar-refractivity contribution in [2.24, 2.45) is 5.41 Å². The Balaban J connectivity index is 3.14. The molecule has 1 nitrogen and oxygen atoms in total. The quantitative estimate of drug-likeness (QED) is 0.836. The normalized spacial score (nSPS) is 11.9. The lowest BCUT2D eigenvalue weighted by molar-refractivity contribution is 0.348. The monoisotopic (exact) mass is 233 g/mol. The Morgan fingerprint density at radius 3 is 1.88 bits per heavy atom. The van der Waals surface area contributed by atoms with Gasteiger partial charge in [-0.2, -0.15) is 0 Å². The number of aryl methyl sites for hydroxylation is 2. The predicted molar refractivity (Wildman–Crippen MR) is 76.8 cm³/mol. The zero-order valence-corrected chi connectivity index (χ0v) is 12.5. The largest absolute Gasteiger partial charge is 0.319 e. The van der Waals surface area contributed by atoms with Gasteiger partial charge < -0.3 is 5.32 Å². The summed E-state index contributed by atoms with van der Waals surface area (Å²) in [6, 6.07) is 2.30. The van der Waals surface area contributed by atoms with Gasteiger partial charge in [-0.25, -0.2) is 0 Å². The molecule has 0 heterocycles. The molecule has 17 heavy (non-hydrogen) atoms. The second kappa shape index (κ2) is 5.22. The zero-order valence-electron chi connectivity index (χ0n) is 12.5. The van der Waals surface area contributed by atoms with Crippen LogP contribution < -0.4 is 5.32 Å². The molecule has 0 aliphatic carbocycles.